The standard InChI is InChI=1S/C10H20N2O3/c1-7(2)6-12-10(15)8(3)11-5-4-9(13)14/h7-8,11H,4-6H2,1-3H3,(H,12,15)(H,13,14). The molecule has 0 fully saturated rings. The van der Waals surface area contributed by atoms with Gasteiger partial charge in [0.05, 0.1) is 12.5 Å². The zero-order valence-corrected chi connectivity index (χ0v) is 9.54. The van der Waals surface area contributed by atoms with Gasteiger partial charge >= 0.3 is 5.97 Å². The average molecular weight is 216 g/mol. The second kappa shape index (κ2) is 7.23. The summed E-state index contributed by atoms with van der Waals surface area (Å²) in [5.74, 6) is -0.536. The lowest BCUT2D eigenvalue weighted by molar-refractivity contribution is -0.137. The van der Waals surface area contributed by atoms with Crippen LogP contribution in [0.25, 0.3) is 0 Å². The van der Waals surface area contributed by atoms with Crippen molar-refractivity contribution >= 4 is 11.9 Å². The second-order valence-electron chi connectivity index (χ2n) is 3.96. The number of hydrogen-bond donors (Lipinski definition) is 3. The molecule has 5 heteroatoms. The molecule has 0 aromatic rings. The van der Waals surface area contributed by atoms with Crippen molar-refractivity contribution in [1.82, 2.24) is 10.6 Å². The number of aliphatic carboxylic acids is 1. The third-order valence-corrected chi connectivity index (χ3v) is 1.87. The summed E-state index contributed by atoms with van der Waals surface area (Å²) in [4.78, 5) is 21.6. The van der Waals surface area contributed by atoms with Crippen LogP contribution in [0.1, 0.15) is 27.2 Å². The highest BCUT2D eigenvalue weighted by Crippen LogP contribution is 1.89. The lowest BCUT2D eigenvalue weighted by Crippen LogP contribution is -2.43. The van der Waals surface area contributed by atoms with Gasteiger partial charge in [0.25, 0.3) is 0 Å². The molecule has 0 aliphatic carbocycles. The average Bonchev–Trinajstić information content (AvgIpc) is 2.13. The molecule has 0 saturated carbocycles. The molecule has 0 heterocycles. The molecule has 1 unspecified atom stereocenters. The first-order chi connectivity index (χ1) is 6.93. The van der Waals surface area contributed by atoms with Crippen LogP contribution in [0, 0.1) is 5.92 Å². The van der Waals surface area contributed by atoms with Crippen molar-refractivity contribution in [2.24, 2.45) is 5.92 Å². The zero-order valence-electron chi connectivity index (χ0n) is 9.54. The van der Waals surface area contributed by atoms with Crippen LogP contribution >= 0.6 is 0 Å². The van der Waals surface area contributed by atoms with Crippen LogP contribution in [-0.2, 0) is 9.59 Å². The maximum atomic E-state index is 11.4. The normalized spacial score (nSPS) is 12.5. The Morgan fingerprint density at radius 2 is 1.87 bits per heavy atom. The lowest BCUT2D eigenvalue weighted by atomic mass is 10.2. The fourth-order valence-electron chi connectivity index (χ4n) is 0.946. The molecule has 88 valence electrons. The van der Waals surface area contributed by atoms with E-state index in [-0.39, 0.29) is 18.4 Å². The van der Waals surface area contributed by atoms with Gasteiger partial charge in [0.15, 0.2) is 0 Å². The summed E-state index contributed by atoms with van der Waals surface area (Å²) >= 11 is 0. The molecule has 0 aromatic carbocycles. The van der Waals surface area contributed by atoms with Crippen LogP contribution < -0.4 is 10.6 Å². The molecule has 0 rings (SSSR count). The molecule has 1 amide bonds. The Morgan fingerprint density at radius 3 is 2.33 bits per heavy atom. The van der Waals surface area contributed by atoms with E-state index < -0.39 is 5.97 Å². The van der Waals surface area contributed by atoms with Gasteiger partial charge in [-0.1, -0.05) is 13.8 Å². The second-order valence-corrected chi connectivity index (χ2v) is 3.96. The van der Waals surface area contributed by atoms with E-state index in [0.717, 1.165) is 0 Å². The maximum Gasteiger partial charge on any atom is 0.304 e. The number of rotatable bonds is 7. The van der Waals surface area contributed by atoms with Gasteiger partial charge in [0.2, 0.25) is 5.91 Å². The molecule has 0 saturated heterocycles. The number of carbonyl (C=O) groups is 2. The molecule has 15 heavy (non-hydrogen) atoms. The molecule has 5 nitrogen and oxygen atoms in total. The molecule has 0 aliphatic rings. The molecule has 0 radical (unpaired) electrons. The van der Waals surface area contributed by atoms with Gasteiger partial charge in [-0.2, -0.15) is 0 Å². The van der Waals surface area contributed by atoms with Crippen molar-refractivity contribution in [2.45, 2.75) is 33.2 Å². The van der Waals surface area contributed by atoms with Gasteiger partial charge in [0, 0.05) is 13.1 Å². The highest BCUT2D eigenvalue weighted by atomic mass is 16.4. The Labute approximate surface area is 90.2 Å². The lowest BCUT2D eigenvalue weighted by Gasteiger charge is -2.14. The minimum atomic E-state index is -0.864. The number of carbonyl (C=O) groups excluding carboxylic acids is 1. The van der Waals surface area contributed by atoms with E-state index in [9.17, 15) is 9.59 Å². The van der Waals surface area contributed by atoms with E-state index in [4.69, 9.17) is 5.11 Å². The van der Waals surface area contributed by atoms with Crippen LogP contribution in [0.3, 0.4) is 0 Å². The number of amides is 1. The smallest absolute Gasteiger partial charge is 0.304 e. The van der Waals surface area contributed by atoms with E-state index >= 15 is 0 Å². The Bertz CT molecular complexity index is 217. The van der Waals surface area contributed by atoms with Gasteiger partial charge in [-0.3, -0.25) is 9.59 Å². The zero-order chi connectivity index (χ0) is 11.8. The van der Waals surface area contributed by atoms with Crippen LogP contribution in [0.5, 0.6) is 0 Å². The Kier molecular flexibility index (Phi) is 6.70. The van der Waals surface area contributed by atoms with E-state index in [1.54, 1.807) is 6.92 Å². The summed E-state index contributed by atoms with van der Waals surface area (Å²) in [6.45, 7) is 6.71. The SMILES string of the molecule is CC(C)CNC(=O)C(C)NCCC(=O)O. The van der Waals surface area contributed by atoms with Crippen LogP contribution in [0.15, 0.2) is 0 Å². The molecule has 0 bridgehead atoms. The van der Waals surface area contributed by atoms with Crippen molar-refractivity contribution < 1.29 is 14.7 Å². The summed E-state index contributed by atoms with van der Waals surface area (Å²) in [7, 11) is 0. The van der Waals surface area contributed by atoms with Gasteiger partial charge in [-0.25, -0.2) is 0 Å². The third-order valence-electron chi connectivity index (χ3n) is 1.87. The van der Waals surface area contributed by atoms with E-state index in [1.807, 2.05) is 13.8 Å². The highest BCUT2D eigenvalue weighted by molar-refractivity contribution is 5.81. The topological polar surface area (TPSA) is 78.4 Å². The molecule has 1 atom stereocenters. The summed E-state index contributed by atoms with van der Waals surface area (Å²) in [6, 6.07) is -0.344. The highest BCUT2D eigenvalue weighted by Gasteiger charge is 2.11. The summed E-state index contributed by atoms with van der Waals surface area (Å²) in [5, 5.41) is 14.0. The first kappa shape index (κ1) is 13.9. The van der Waals surface area contributed by atoms with Crippen molar-refractivity contribution in [3.05, 3.63) is 0 Å². The molecular weight excluding hydrogens is 196 g/mol. The predicted octanol–water partition coefficient (Wildman–Crippen LogP) is 0.211. The van der Waals surface area contributed by atoms with E-state index in [2.05, 4.69) is 10.6 Å². The van der Waals surface area contributed by atoms with Crippen LogP contribution in [0.2, 0.25) is 0 Å². The first-order valence-corrected chi connectivity index (χ1v) is 5.16. The Hall–Kier alpha value is -1.10. The number of hydrogen-bond acceptors (Lipinski definition) is 3. The van der Waals surface area contributed by atoms with E-state index in [0.29, 0.717) is 19.0 Å². The van der Waals surface area contributed by atoms with Crippen molar-refractivity contribution in [1.29, 1.82) is 0 Å². The van der Waals surface area contributed by atoms with E-state index in [1.165, 1.54) is 0 Å². The first-order valence-electron chi connectivity index (χ1n) is 5.16. The molecule has 0 aliphatic heterocycles. The number of carboxylic acid groups (broad SMARTS) is 1. The van der Waals surface area contributed by atoms with Gasteiger partial charge in [-0.05, 0) is 12.8 Å². The summed E-state index contributed by atoms with van der Waals surface area (Å²) in [5.41, 5.74) is 0. The van der Waals surface area contributed by atoms with Crippen molar-refractivity contribution in [3.63, 3.8) is 0 Å². The van der Waals surface area contributed by atoms with Crippen molar-refractivity contribution in [3.8, 4) is 0 Å². The maximum absolute atomic E-state index is 11.4. The monoisotopic (exact) mass is 216 g/mol. The van der Waals surface area contributed by atoms with Crippen LogP contribution in [-0.4, -0.2) is 36.1 Å². The van der Waals surface area contributed by atoms with Gasteiger partial charge in [0.1, 0.15) is 0 Å². The predicted molar refractivity (Wildman–Crippen MR) is 57.6 cm³/mol. The molecular formula is C10H20N2O3. The minimum absolute atomic E-state index is 0.0296. The largest absolute Gasteiger partial charge is 0.481 e. The molecule has 0 aromatic heterocycles. The van der Waals surface area contributed by atoms with Crippen molar-refractivity contribution in [2.75, 3.05) is 13.1 Å². The fraction of sp³-hybridized carbons (Fsp3) is 0.800. The van der Waals surface area contributed by atoms with Gasteiger partial charge in [-0.15, -0.1) is 0 Å². The molecule has 3 N–H and O–H groups in total. The number of carboxylic acids is 1. The minimum Gasteiger partial charge on any atom is -0.481 e. The quantitative estimate of drug-likeness (QED) is 0.568. The molecule has 0 spiro atoms. The Morgan fingerprint density at radius 1 is 1.27 bits per heavy atom. The number of nitrogens with one attached hydrogen (secondary N) is 2. The summed E-state index contributed by atoms with van der Waals surface area (Å²) in [6.07, 6.45) is 0.0296. The van der Waals surface area contributed by atoms with Crippen LogP contribution in [0.4, 0.5) is 0 Å². The fourth-order valence-corrected chi connectivity index (χ4v) is 0.946. The summed E-state index contributed by atoms with van der Waals surface area (Å²) < 4.78 is 0. The Balaban J connectivity index is 3.64. The third kappa shape index (κ3) is 7.93. The van der Waals surface area contributed by atoms with Gasteiger partial charge < -0.3 is 15.7 Å².